The van der Waals surface area contributed by atoms with E-state index in [-0.39, 0.29) is 5.41 Å². The van der Waals surface area contributed by atoms with E-state index in [0.717, 1.165) is 18.5 Å². The third-order valence-corrected chi connectivity index (χ3v) is 3.93. The number of fused-ring (bicyclic) bond motifs is 1. The van der Waals surface area contributed by atoms with Crippen LogP contribution in [0.3, 0.4) is 0 Å². The highest BCUT2D eigenvalue weighted by molar-refractivity contribution is 5.83. The molecular formula is C18H26N2. The maximum atomic E-state index is 4.47. The van der Waals surface area contributed by atoms with E-state index in [4.69, 9.17) is 0 Å². The van der Waals surface area contributed by atoms with Gasteiger partial charge in [-0.2, -0.15) is 0 Å². The molecule has 0 bridgehead atoms. The number of benzene rings is 1. The summed E-state index contributed by atoms with van der Waals surface area (Å²) in [7, 11) is 0. The second-order valence-electron chi connectivity index (χ2n) is 6.32. The van der Waals surface area contributed by atoms with Crippen molar-refractivity contribution >= 4 is 10.9 Å². The van der Waals surface area contributed by atoms with Crippen LogP contribution in [0.4, 0.5) is 0 Å². The lowest BCUT2D eigenvalue weighted by molar-refractivity contribution is 0.391. The minimum absolute atomic E-state index is 0.142. The first-order valence-electron chi connectivity index (χ1n) is 7.62. The number of hydrogen-bond acceptors (Lipinski definition) is 2. The van der Waals surface area contributed by atoms with Crippen molar-refractivity contribution < 1.29 is 0 Å². The van der Waals surface area contributed by atoms with E-state index in [1.54, 1.807) is 0 Å². The highest BCUT2D eigenvalue weighted by atomic mass is 14.9. The molecule has 2 heteroatoms. The average Bonchev–Trinajstić information content (AvgIpc) is 2.44. The van der Waals surface area contributed by atoms with Crippen LogP contribution in [-0.4, -0.2) is 17.6 Å². The van der Waals surface area contributed by atoms with Gasteiger partial charge in [0.05, 0.1) is 5.52 Å². The Kier molecular flexibility index (Phi) is 4.77. The van der Waals surface area contributed by atoms with Gasteiger partial charge in [0.25, 0.3) is 0 Å². The molecule has 20 heavy (non-hydrogen) atoms. The Hall–Kier alpha value is -1.41. The summed E-state index contributed by atoms with van der Waals surface area (Å²) in [6.45, 7) is 10.2. The average molecular weight is 270 g/mol. The molecular weight excluding hydrogens is 244 g/mol. The molecule has 1 heterocycles. The van der Waals surface area contributed by atoms with Crippen molar-refractivity contribution in [3.63, 3.8) is 0 Å². The van der Waals surface area contributed by atoms with E-state index in [1.807, 2.05) is 12.3 Å². The highest BCUT2D eigenvalue weighted by Gasteiger charge is 2.25. The first-order valence-corrected chi connectivity index (χ1v) is 7.62. The van der Waals surface area contributed by atoms with Crippen LogP contribution in [0.1, 0.15) is 46.1 Å². The summed E-state index contributed by atoms with van der Waals surface area (Å²) >= 11 is 0. The third-order valence-electron chi connectivity index (χ3n) is 3.93. The zero-order valence-electron chi connectivity index (χ0n) is 13.1. The lowest BCUT2D eigenvalue weighted by Gasteiger charge is -2.30. The number of pyridine rings is 1. The van der Waals surface area contributed by atoms with E-state index in [9.17, 15) is 0 Å². The number of hydrogen-bond donors (Lipinski definition) is 1. The topological polar surface area (TPSA) is 24.9 Å². The Morgan fingerprint density at radius 2 is 2.00 bits per heavy atom. The lowest BCUT2D eigenvalue weighted by Crippen LogP contribution is -2.33. The normalized spacial score (nSPS) is 13.6. The predicted octanol–water partition coefficient (Wildman–Crippen LogP) is 4.29. The van der Waals surface area contributed by atoms with Gasteiger partial charge >= 0.3 is 0 Å². The van der Waals surface area contributed by atoms with Crippen molar-refractivity contribution in [1.82, 2.24) is 10.3 Å². The Labute approximate surface area is 122 Å². The van der Waals surface area contributed by atoms with Gasteiger partial charge in [0, 0.05) is 17.6 Å². The third kappa shape index (κ3) is 3.37. The van der Waals surface area contributed by atoms with Crippen LogP contribution in [0.15, 0.2) is 36.5 Å². The first-order chi connectivity index (χ1) is 9.54. The van der Waals surface area contributed by atoms with Gasteiger partial charge in [0.1, 0.15) is 0 Å². The van der Waals surface area contributed by atoms with Crippen LogP contribution in [-0.2, 0) is 5.41 Å². The van der Waals surface area contributed by atoms with Crippen LogP contribution < -0.4 is 5.32 Å². The molecule has 108 valence electrons. The van der Waals surface area contributed by atoms with Gasteiger partial charge in [0.2, 0.25) is 0 Å². The summed E-state index contributed by atoms with van der Waals surface area (Å²) in [5.74, 6) is 0. The highest BCUT2D eigenvalue weighted by Crippen LogP contribution is 2.33. The summed E-state index contributed by atoms with van der Waals surface area (Å²) in [6, 6.07) is 11.2. The quantitative estimate of drug-likeness (QED) is 0.847. The Balaban J connectivity index is 2.27. The van der Waals surface area contributed by atoms with Crippen LogP contribution in [0.5, 0.6) is 0 Å². The predicted molar refractivity (Wildman–Crippen MR) is 87.1 cm³/mol. The van der Waals surface area contributed by atoms with Crippen LogP contribution in [0, 0.1) is 0 Å². The minimum atomic E-state index is 0.142. The van der Waals surface area contributed by atoms with Crippen LogP contribution >= 0.6 is 0 Å². The number of nitrogens with one attached hydrogen (secondary N) is 1. The van der Waals surface area contributed by atoms with Gasteiger partial charge in [-0.05, 0) is 49.4 Å². The molecule has 1 N–H and O–H groups in total. The second kappa shape index (κ2) is 6.36. The maximum absolute atomic E-state index is 4.47. The first kappa shape index (κ1) is 15.0. The van der Waals surface area contributed by atoms with Gasteiger partial charge < -0.3 is 5.32 Å². The van der Waals surface area contributed by atoms with Gasteiger partial charge in [-0.3, -0.25) is 4.98 Å². The lowest BCUT2D eigenvalue weighted by atomic mass is 9.77. The van der Waals surface area contributed by atoms with Gasteiger partial charge in [-0.1, -0.05) is 39.0 Å². The summed E-state index contributed by atoms with van der Waals surface area (Å²) in [5.41, 5.74) is 2.63. The Morgan fingerprint density at radius 1 is 1.20 bits per heavy atom. The van der Waals surface area contributed by atoms with E-state index in [0.29, 0.717) is 6.04 Å². The largest absolute Gasteiger partial charge is 0.314 e. The van der Waals surface area contributed by atoms with Crippen molar-refractivity contribution in [3.05, 3.63) is 42.1 Å². The fourth-order valence-electron chi connectivity index (χ4n) is 3.03. The molecule has 2 aromatic rings. The van der Waals surface area contributed by atoms with E-state index in [1.165, 1.54) is 17.4 Å². The molecule has 1 aromatic heterocycles. The van der Waals surface area contributed by atoms with E-state index in [2.05, 4.69) is 62.3 Å². The molecule has 0 saturated heterocycles. The molecule has 0 saturated carbocycles. The fraction of sp³-hybridized carbons (Fsp3) is 0.500. The molecule has 0 fully saturated rings. The number of aromatic nitrogens is 1. The summed E-state index contributed by atoms with van der Waals surface area (Å²) in [6.07, 6.45) is 4.18. The molecule has 0 amide bonds. The molecule has 0 aliphatic rings. The van der Waals surface area contributed by atoms with Gasteiger partial charge in [0.15, 0.2) is 0 Å². The summed E-state index contributed by atoms with van der Waals surface area (Å²) in [4.78, 5) is 4.47. The van der Waals surface area contributed by atoms with Crippen LogP contribution in [0.25, 0.3) is 10.9 Å². The van der Waals surface area contributed by atoms with E-state index < -0.39 is 0 Å². The molecule has 1 aromatic carbocycles. The maximum Gasteiger partial charge on any atom is 0.0704 e. The monoisotopic (exact) mass is 270 g/mol. The fourth-order valence-corrected chi connectivity index (χ4v) is 3.03. The zero-order chi connectivity index (χ0) is 14.6. The molecule has 0 radical (unpaired) electrons. The summed E-state index contributed by atoms with van der Waals surface area (Å²) < 4.78 is 0. The molecule has 2 nitrogen and oxygen atoms in total. The summed E-state index contributed by atoms with van der Waals surface area (Å²) in [5, 5.41) is 4.87. The van der Waals surface area contributed by atoms with Gasteiger partial charge in [-0.15, -0.1) is 0 Å². The SMILES string of the molecule is CCCNC(C)CC(C)(C)c1cccc2ncccc12. The smallest absolute Gasteiger partial charge is 0.0704 e. The standard InChI is InChI=1S/C18H26N2/c1-5-11-19-14(2)13-18(3,4)16-9-6-10-17-15(16)8-7-12-20-17/h6-10,12,14,19H,5,11,13H2,1-4H3. The van der Waals surface area contributed by atoms with Crippen molar-refractivity contribution in [2.45, 2.75) is 52.0 Å². The van der Waals surface area contributed by atoms with Crippen molar-refractivity contribution in [1.29, 1.82) is 0 Å². The molecule has 0 aliphatic heterocycles. The van der Waals surface area contributed by atoms with Crippen molar-refractivity contribution in [3.8, 4) is 0 Å². The molecule has 1 atom stereocenters. The number of rotatable bonds is 6. The van der Waals surface area contributed by atoms with Crippen LogP contribution in [0.2, 0.25) is 0 Å². The molecule has 1 unspecified atom stereocenters. The molecule has 0 spiro atoms. The van der Waals surface area contributed by atoms with Gasteiger partial charge in [-0.25, -0.2) is 0 Å². The van der Waals surface area contributed by atoms with Crippen molar-refractivity contribution in [2.24, 2.45) is 0 Å². The number of nitrogens with zero attached hydrogens (tertiary/aromatic N) is 1. The molecule has 2 rings (SSSR count). The van der Waals surface area contributed by atoms with Crippen molar-refractivity contribution in [2.75, 3.05) is 6.54 Å². The Bertz CT molecular complexity index is 555. The zero-order valence-corrected chi connectivity index (χ0v) is 13.1. The molecule has 0 aliphatic carbocycles. The van der Waals surface area contributed by atoms with E-state index >= 15 is 0 Å². The second-order valence-corrected chi connectivity index (χ2v) is 6.32. The minimum Gasteiger partial charge on any atom is -0.314 e. The Morgan fingerprint density at radius 3 is 2.75 bits per heavy atom.